The SMILES string of the molecule is C[C@@H](NC(=O)N1C(=O)[C@@]2(c3cc(C#CC4=CCCCC4)ccc31)[C@H](c1cccc(OCCO)c1)N1[C@H](c3ccccc3)[C@H](c3ccccc3)OC(=O)[C@H]1[C@@H]2C(=O)NC[C@H](O)c1ccccc1)c1ccccc1. The molecule has 4 N–H and O–H groups in total. The van der Waals surface area contributed by atoms with Crippen LogP contribution >= 0.6 is 0 Å². The predicted octanol–water partition coefficient (Wildman–Crippen LogP) is 8.90. The molecule has 10 rings (SSSR count). The number of amides is 4. The summed E-state index contributed by atoms with van der Waals surface area (Å²) in [6, 6.07) is 44.9. The van der Waals surface area contributed by atoms with Crippen LogP contribution in [-0.4, -0.2) is 64.7 Å². The molecule has 6 aromatic rings. The highest BCUT2D eigenvalue weighted by molar-refractivity contribution is 6.24. The second kappa shape index (κ2) is 20.9. The van der Waals surface area contributed by atoms with Crippen molar-refractivity contribution in [3.8, 4) is 17.6 Å². The lowest BCUT2D eigenvalue weighted by Gasteiger charge is -2.46. The lowest BCUT2D eigenvalue weighted by atomic mass is 9.65. The van der Waals surface area contributed by atoms with Crippen LogP contribution in [0.15, 0.2) is 175 Å². The number of carbonyl (C=O) groups is 4. The normalized spacial score (nSPS) is 23.1. The zero-order chi connectivity index (χ0) is 49.8. The summed E-state index contributed by atoms with van der Waals surface area (Å²) < 4.78 is 12.7. The standard InChI is InChI=1S/C60H56N4O8/c1-39(42-20-9-3-10-21-42)62-59(70)63-49-33-32-41(31-30-40-18-7-2-8-19-40)36-48(49)60(58(63)69)51(56(67)61-38-50(66)43-22-11-4-12-23-43)53-57(68)72-54(45-26-15-6-16-27-45)52(44-24-13-5-14-25-44)64(53)55(60)46-28-17-29-47(37-46)71-35-34-65/h3-6,9-18,20-29,32-33,36-37,39,50-55,65-66H,2,7-8,19,34-35,38H2,1H3,(H,61,67)(H,62,70)/t39-,50+,51-,52-,53-,54+,55+,60-/m1/s1. The third-order valence-corrected chi connectivity index (χ3v) is 14.4. The van der Waals surface area contributed by atoms with Crippen molar-refractivity contribution >= 4 is 29.5 Å². The maximum Gasteiger partial charge on any atom is 0.329 e. The number of urea groups is 1. The molecule has 72 heavy (non-hydrogen) atoms. The molecule has 3 heterocycles. The molecule has 0 saturated carbocycles. The minimum Gasteiger partial charge on any atom is -0.491 e. The van der Waals surface area contributed by atoms with Crippen LogP contribution in [-0.2, 0) is 24.5 Å². The van der Waals surface area contributed by atoms with E-state index in [1.165, 1.54) is 0 Å². The van der Waals surface area contributed by atoms with E-state index >= 15 is 19.2 Å². The molecule has 4 amide bonds. The Bertz CT molecular complexity index is 3050. The van der Waals surface area contributed by atoms with Gasteiger partial charge < -0.3 is 30.3 Å². The predicted molar refractivity (Wildman–Crippen MR) is 272 cm³/mol. The Labute approximate surface area is 419 Å². The molecular formula is C60H56N4O8. The van der Waals surface area contributed by atoms with Crippen LogP contribution in [0.5, 0.6) is 5.75 Å². The third kappa shape index (κ3) is 8.96. The Morgan fingerprint density at radius 2 is 1.44 bits per heavy atom. The van der Waals surface area contributed by atoms with Crippen molar-refractivity contribution in [3.63, 3.8) is 0 Å². The first-order chi connectivity index (χ1) is 35.2. The number of aliphatic hydroxyl groups excluding tert-OH is 2. The van der Waals surface area contributed by atoms with E-state index in [0.29, 0.717) is 33.6 Å². The molecule has 12 heteroatoms. The van der Waals surface area contributed by atoms with E-state index < -0.39 is 71.5 Å². The van der Waals surface area contributed by atoms with E-state index in [0.717, 1.165) is 47.3 Å². The van der Waals surface area contributed by atoms with Crippen molar-refractivity contribution in [2.45, 2.75) is 74.4 Å². The van der Waals surface area contributed by atoms with Gasteiger partial charge >= 0.3 is 12.0 Å². The number of imide groups is 1. The second-order valence-corrected chi connectivity index (χ2v) is 18.8. The van der Waals surface area contributed by atoms with Gasteiger partial charge in [0.2, 0.25) is 11.8 Å². The molecule has 364 valence electrons. The summed E-state index contributed by atoms with van der Waals surface area (Å²) in [5, 5.41) is 27.5. The minimum absolute atomic E-state index is 0.0246. The molecule has 4 aliphatic rings. The summed E-state index contributed by atoms with van der Waals surface area (Å²) in [5.74, 6) is 3.32. The summed E-state index contributed by atoms with van der Waals surface area (Å²) in [5.41, 5.74) is 3.32. The summed E-state index contributed by atoms with van der Waals surface area (Å²) in [4.78, 5) is 66.5. The topological polar surface area (TPSA) is 158 Å². The van der Waals surface area contributed by atoms with Crippen LogP contribution in [0.25, 0.3) is 0 Å². The first kappa shape index (κ1) is 47.8. The quantitative estimate of drug-likeness (QED) is 0.0695. The van der Waals surface area contributed by atoms with Gasteiger partial charge in [-0.1, -0.05) is 151 Å². The van der Waals surface area contributed by atoms with Crippen molar-refractivity contribution in [2.75, 3.05) is 24.7 Å². The van der Waals surface area contributed by atoms with Crippen molar-refractivity contribution in [3.05, 3.63) is 214 Å². The average molecular weight is 961 g/mol. The number of nitrogens with one attached hydrogen (secondary N) is 2. The molecule has 3 aliphatic heterocycles. The number of nitrogens with zero attached hydrogens (tertiary/aromatic N) is 2. The van der Waals surface area contributed by atoms with E-state index in [1.54, 1.807) is 60.7 Å². The number of cyclic esters (lactones) is 1. The number of rotatable bonds is 12. The van der Waals surface area contributed by atoms with Gasteiger partial charge in [0.05, 0.1) is 42.4 Å². The van der Waals surface area contributed by atoms with E-state index in [2.05, 4.69) is 28.6 Å². The molecule has 8 atom stereocenters. The summed E-state index contributed by atoms with van der Waals surface area (Å²) in [6.45, 7) is 1.28. The summed E-state index contributed by atoms with van der Waals surface area (Å²) >= 11 is 0. The van der Waals surface area contributed by atoms with Gasteiger partial charge in [-0.2, -0.15) is 0 Å². The van der Waals surface area contributed by atoms with Gasteiger partial charge in [0, 0.05) is 12.1 Å². The molecular weight excluding hydrogens is 905 g/mol. The number of aliphatic hydroxyl groups is 2. The molecule has 0 radical (unpaired) electrons. The average Bonchev–Trinajstić information content (AvgIpc) is 3.89. The first-order valence-electron chi connectivity index (χ1n) is 24.7. The zero-order valence-electron chi connectivity index (χ0n) is 39.9. The Hall–Kier alpha value is -7.82. The number of morpholine rings is 1. The van der Waals surface area contributed by atoms with Gasteiger partial charge in [-0.3, -0.25) is 19.3 Å². The van der Waals surface area contributed by atoms with Gasteiger partial charge in [-0.15, -0.1) is 0 Å². The lowest BCUT2D eigenvalue weighted by Crippen LogP contribution is -2.56. The third-order valence-electron chi connectivity index (χ3n) is 14.4. The Kier molecular flexibility index (Phi) is 13.9. The van der Waals surface area contributed by atoms with Crippen molar-refractivity contribution in [1.29, 1.82) is 0 Å². The molecule has 2 fully saturated rings. The second-order valence-electron chi connectivity index (χ2n) is 18.8. The Morgan fingerprint density at radius 3 is 2.12 bits per heavy atom. The van der Waals surface area contributed by atoms with Crippen LogP contribution in [0, 0.1) is 17.8 Å². The molecule has 1 spiro atoms. The number of hydrogen-bond donors (Lipinski definition) is 4. The number of carbonyl (C=O) groups excluding carboxylic acids is 4. The van der Waals surface area contributed by atoms with Crippen molar-refractivity contribution in [2.24, 2.45) is 5.92 Å². The molecule has 1 aliphatic carbocycles. The number of esters is 1. The Balaban J connectivity index is 1.24. The molecule has 2 saturated heterocycles. The number of hydrogen-bond acceptors (Lipinski definition) is 9. The number of anilines is 1. The van der Waals surface area contributed by atoms with Crippen LogP contribution in [0.1, 0.15) is 102 Å². The smallest absolute Gasteiger partial charge is 0.329 e. The van der Waals surface area contributed by atoms with Gasteiger partial charge in [0.25, 0.3) is 0 Å². The first-order valence-corrected chi connectivity index (χ1v) is 24.7. The molecule has 0 unspecified atom stereocenters. The fourth-order valence-electron chi connectivity index (χ4n) is 11.2. The van der Waals surface area contributed by atoms with E-state index in [-0.39, 0.29) is 25.4 Å². The summed E-state index contributed by atoms with van der Waals surface area (Å²) in [6.07, 6.45) is 3.93. The maximum absolute atomic E-state index is 16.8. The highest BCUT2D eigenvalue weighted by Gasteiger charge is 2.75. The number of benzene rings is 6. The fraction of sp³-hybridized carbons (Fsp3) is 0.267. The van der Waals surface area contributed by atoms with Gasteiger partial charge in [0.15, 0.2) is 0 Å². The van der Waals surface area contributed by atoms with Crippen molar-refractivity contribution in [1.82, 2.24) is 15.5 Å². The van der Waals surface area contributed by atoms with Crippen LogP contribution in [0.4, 0.5) is 10.5 Å². The van der Waals surface area contributed by atoms with Gasteiger partial charge in [-0.25, -0.2) is 9.69 Å². The number of ether oxygens (including phenoxy) is 2. The van der Waals surface area contributed by atoms with Gasteiger partial charge in [-0.05, 0) is 102 Å². The largest absolute Gasteiger partial charge is 0.491 e. The summed E-state index contributed by atoms with van der Waals surface area (Å²) in [7, 11) is 0. The maximum atomic E-state index is 16.8. The Morgan fingerprint density at radius 1 is 0.778 bits per heavy atom. The van der Waals surface area contributed by atoms with Gasteiger partial charge in [0.1, 0.15) is 29.9 Å². The highest BCUT2D eigenvalue weighted by atomic mass is 16.6. The lowest BCUT2D eigenvalue weighted by molar-refractivity contribution is -0.178. The highest BCUT2D eigenvalue weighted by Crippen LogP contribution is 2.66. The molecule has 0 aromatic heterocycles. The van der Waals surface area contributed by atoms with E-state index in [1.807, 2.05) is 115 Å². The minimum atomic E-state index is -2.07. The monoisotopic (exact) mass is 960 g/mol. The molecule has 12 nitrogen and oxygen atoms in total. The van der Waals surface area contributed by atoms with E-state index in [4.69, 9.17) is 9.47 Å². The van der Waals surface area contributed by atoms with E-state index in [9.17, 15) is 10.2 Å². The van der Waals surface area contributed by atoms with Crippen molar-refractivity contribution < 1.29 is 38.9 Å². The van der Waals surface area contributed by atoms with Crippen LogP contribution in [0.3, 0.4) is 0 Å². The fourth-order valence-corrected chi connectivity index (χ4v) is 11.2. The zero-order valence-corrected chi connectivity index (χ0v) is 39.9. The number of fused-ring (bicyclic) bond motifs is 3. The number of allylic oxidation sites excluding steroid dienone is 2. The molecule has 0 bridgehead atoms. The van der Waals surface area contributed by atoms with Crippen LogP contribution in [0.2, 0.25) is 0 Å². The molecule has 6 aromatic carbocycles. The van der Waals surface area contributed by atoms with Crippen LogP contribution < -0.4 is 20.3 Å².